The Morgan fingerprint density at radius 2 is 0.600 bits per heavy atom. The van der Waals surface area contributed by atoms with Crippen molar-refractivity contribution < 1.29 is 42.1 Å². The van der Waals surface area contributed by atoms with Crippen LogP contribution in [-0.2, 0) is 32.7 Å². The number of rotatable bonds is 63. The molecule has 0 fully saturated rings. The third kappa shape index (κ3) is 62.1. The van der Waals surface area contributed by atoms with Gasteiger partial charge in [-0.3, -0.25) is 18.6 Å². The summed E-state index contributed by atoms with van der Waals surface area (Å²) in [5.41, 5.74) is 0. The van der Waals surface area contributed by atoms with Gasteiger partial charge in [0.05, 0.1) is 27.7 Å². The van der Waals surface area contributed by atoms with Crippen LogP contribution in [0.1, 0.15) is 354 Å². The lowest BCUT2D eigenvalue weighted by atomic mass is 10.0. The van der Waals surface area contributed by atoms with Crippen LogP contribution >= 0.6 is 7.82 Å². The maximum absolute atomic E-state index is 12.9. The minimum Gasteiger partial charge on any atom is -0.462 e. The molecule has 0 aromatic rings. The van der Waals surface area contributed by atoms with Crippen molar-refractivity contribution in [3.8, 4) is 0 Å². The normalized spacial score (nSPS) is 13.1. The first-order valence-electron chi connectivity index (χ1n) is 33.3. The van der Waals surface area contributed by atoms with Gasteiger partial charge >= 0.3 is 19.8 Å². The molecule has 2 atom stereocenters. The molecule has 2 unspecified atom stereocenters. The Kier molecular flexibility index (Phi) is 56.9. The quantitative estimate of drug-likeness (QED) is 0.0278. The third-order valence-electron chi connectivity index (χ3n) is 15.4. The Morgan fingerprint density at radius 1 is 0.360 bits per heavy atom. The monoisotopic (exact) mass is 1080 g/mol. The van der Waals surface area contributed by atoms with Crippen molar-refractivity contribution in [3.63, 3.8) is 0 Å². The second-order valence-corrected chi connectivity index (χ2v) is 25.7. The van der Waals surface area contributed by atoms with E-state index in [9.17, 15) is 19.0 Å². The topological polar surface area (TPSA) is 108 Å². The lowest BCUT2D eigenvalue weighted by Gasteiger charge is -2.24. The van der Waals surface area contributed by atoms with Gasteiger partial charge in [0.25, 0.3) is 0 Å². The van der Waals surface area contributed by atoms with Crippen LogP contribution in [0.3, 0.4) is 0 Å². The molecule has 9 nitrogen and oxygen atoms in total. The van der Waals surface area contributed by atoms with Crippen LogP contribution in [0.25, 0.3) is 0 Å². The summed E-state index contributed by atoms with van der Waals surface area (Å²) in [6.45, 7) is 4.52. The fourth-order valence-electron chi connectivity index (χ4n) is 10.3. The zero-order valence-electron chi connectivity index (χ0n) is 51.1. The number of ether oxygens (including phenoxy) is 2. The van der Waals surface area contributed by atoms with E-state index < -0.39 is 26.5 Å². The molecular weight excluding hydrogens is 954 g/mol. The molecule has 0 radical (unpaired) electrons. The van der Waals surface area contributed by atoms with E-state index in [1.54, 1.807) is 0 Å². The number of hydrogen-bond donors (Lipinski definition) is 1. The molecular formula is C65H131NO8P+. The van der Waals surface area contributed by atoms with E-state index in [1.807, 2.05) is 21.1 Å². The number of phosphoric acid groups is 1. The number of unbranched alkanes of at least 4 members (excludes halogenated alkanes) is 49. The third-order valence-corrected chi connectivity index (χ3v) is 16.4. The molecule has 0 aromatic carbocycles. The van der Waals surface area contributed by atoms with E-state index in [2.05, 4.69) is 13.8 Å². The number of quaternary nitrogens is 1. The molecule has 0 rings (SSSR count). The second kappa shape index (κ2) is 57.7. The van der Waals surface area contributed by atoms with E-state index in [0.29, 0.717) is 17.4 Å². The molecule has 0 aliphatic carbocycles. The zero-order chi connectivity index (χ0) is 54.9. The lowest BCUT2D eigenvalue weighted by molar-refractivity contribution is -0.870. The number of phosphoric ester groups is 1. The standard InChI is InChI=1S/C65H130NO8P/c1-6-8-10-12-14-16-18-20-22-24-26-28-29-30-31-32-33-34-35-36-38-40-42-44-46-48-50-52-54-56-58-65(68)74-63(62-73-75(69,70)72-60-59-66(3,4)5)61-71-64(67)57-55-53-51-49-47-45-43-41-39-37-27-25-23-21-19-17-15-13-11-9-7-2/h63H,6-62H2,1-5H3/p+1. The van der Waals surface area contributed by atoms with Crippen LogP contribution in [0.4, 0.5) is 0 Å². The van der Waals surface area contributed by atoms with Gasteiger partial charge in [-0.05, 0) is 12.8 Å². The Hall–Kier alpha value is -0.990. The lowest BCUT2D eigenvalue weighted by Crippen LogP contribution is -2.37. The number of esters is 2. The molecule has 0 heterocycles. The van der Waals surface area contributed by atoms with Crippen LogP contribution in [0.5, 0.6) is 0 Å². The van der Waals surface area contributed by atoms with Crippen LogP contribution < -0.4 is 0 Å². The van der Waals surface area contributed by atoms with E-state index in [-0.39, 0.29) is 25.6 Å². The first kappa shape index (κ1) is 74.0. The summed E-state index contributed by atoms with van der Waals surface area (Å²) in [5.74, 6) is -0.769. The van der Waals surface area contributed by atoms with E-state index >= 15 is 0 Å². The Bertz CT molecular complexity index is 1230. The Labute approximate surface area is 467 Å². The summed E-state index contributed by atoms with van der Waals surface area (Å²) in [4.78, 5) is 35.8. The van der Waals surface area contributed by atoms with Crippen molar-refractivity contribution in [3.05, 3.63) is 0 Å². The maximum Gasteiger partial charge on any atom is 0.472 e. The molecule has 0 aliphatic heterocycles. The summed E-state index contributed by atoms with van der Waals surface area (Å²) in [5, 5.41) is 0. The zero-order valence-corrected chi connectivity index (χ0v) is 52.0. The van der Waals surface area contributed by atoms with E-state index in [0.717, 1.165) is 38.5 Å². The molecule has 0 amide bonds. The van der Waals surface area contributed by atoms with Crippen LogP contribution in [0.15, 0.2) is 0 Å². The Morgan fingerprint density at radius 3 is 0.853 bits per heavy atom. The number of carbonyl (C=O) groups is 2. The van der Waals surface area contributed by atoms with Crippen LogP contribution in [0.2, 0.25) is 0 Å². The molecule has 0 aromatic heterocycles. The highest BCUT2D eigenvalue weighted by Crippen LogP contribution is 2.43. The average molecular weight is 1090 g/mol. The molecule has 0 saturated heterocycles. The predicted molar refractivity (Wildman–Crippen MR) is 322 cm³/mol. The van der Waals surface area contributed by atoms with Crippen molar-refractivity contribution in [2.75, 3.05) is 47.5 Å². The molecule has 0 aliphatic rings. The van der Waals surface area contributed by atoms with Gasteiger partial charge in [0, 0.05) is 12.8 Å². The average Bonchev–Trinajstić information content (AvgIpc) is 3.37. The van der Waals surface area contributed by atoms with Crippen molar-refractivity contribution in [1.82, 2.24) is 0 Å². The summed E-state index contributed by atoms with van der Waals surface area (Å²) in [6.07, 6.45) is 67.7. The van der Waals surface area contributed by atoms with Gasteiger partial charge in [-0.1, -0.05) is 328 Å². The number of likely N-dealkylation sites (N-methyl/N-ethyl adjacent to an activating group) is 1. The molecule has 1 N–H and O–H groups in total. The van der Waals surface area contributed by atoms with Gasteiger partial charge in [0.1, 0.15) is 19.8 Å². The van der Waals surface area contributed by atoms with Gasteiger partial charge in [-0.15, -0.1) is 0 Å². The minimum atomic E-state index is -4.38. The first-order valence-corrected chi connectivity index (χ1v) is 34.8. The van der Waals surface area contributed by atoms with Gasteiger partial charge in [-0.25, -0.2) is 4.57 Å². The molecule has 75 heavy (non-hydrogen) atoms. The minimum absolute atomic E-state index is 0.0376. The van der Waals surface area contributed by atoms with Gasteiger partial charge in [-0.2, -0.15) is 0 Å². The smallest absolute Gasteiger partial charge is 0.462 e. The highest BCUT2D eigenvalue weighted by Gasteiger charge is 2.27. The first-order chi connectivity index (χ1) is 36.5. The fourth-order valence-corrected chi connectivity index (χ4v) is 11.0. The molecule has 0 saturated carbocycles. The van der Waals surface area contributed by atoms with Crippen molar-refractivity contribution in [2.45, 2.75) is 360 Å². The molecule has 10 heteroatoms. The van der Waals surface area contributed by atoms with Crippen molar-refractivity contribution in [2.24, 2.45) is 0 Å². The van der Waals surface area contributed by atoms with Gasteiger partial charge in [0.15, 0.2) is 6.10 Å². The van der Waals surface area contributed by atoms with Crippen LogP contribution in [0, 0.1) is 0 Å². The van der Waals surface area contributed by atoms with Crippen molar-refractivity contribution >= 4 is 19.8 Å². The number of hydrogen-bond acceptors (Lipinski definition) is 7. The summed E-state index contributed by atoms with van der Waals surface area (Å²) in [7, 11) is 1.51. The highest BCUT2D eigenvalue weighted by atomic mass is 31.2. The molecule has 0 spiro atoms. The number of carbonyl (C=O) groups excluding carboxylic acids is 2. The van der Waals surface area contributed by atoms with Gasteiger partial charge in [0.2, 0.25) is 0 Å². The summed E-state index contributed by atoms with van der Waals surface area (Å²) >= 11 is 0. The molecule has 448 valence electrons. The SMILES string of the molecule is CCCCCCCCCCCCCCCCCCCCCCCCCCCCCCCCC(=O)OC(COC(=O)CCCCCCCCCCCCCCCCCCCCCCC)COP(=O)(O)OCC[N+](C)(C)C. The fraction of sp³-hybridized carbons (Fsp3) is 0.969. The maximum atomic E-state index is 12.9. The van der Waals surface area contributed by atoms with Crippen LogP contribution in [-0.4, -0.2) is 74.9 Å². The Balaban J connectivity index is 3.99. The van der Waals surface area contributed by atoms with Gasteiger partial charge < -0.3 is 18.9 Å². The largest absolute Gasteiger partial charge is 0.472 e. The highest BCUT2D eigenvalue weighted by molar-refractivity contribution is 7.47. The predicted octanol–water partition coefficient (Wildman–Crippen LogP) is 21.0. The van der Waals surface area contributed by atoms with E-state index in [4.69, 9.17) is 18.5 Å². The summed E-state index contributed by atoms with van der Waals surface area (Å²) in [6, 6.07) is 0. The van der Waals surface area contributed by atoms with Crippen molar-refractivity contribution in [1.29, 1.82) is 0 Å². The molecule has 0 bridgehead atoms. The summed E-state index contributed by atoms with van der Waals surface area (Å²) < 4.78 is 34.7. The van der Waals surface area contributed by atoms with E-state index in [1.165, 1.54) is 289 Å². The second-order valence-electron chi connectivity index (χ2n) is 24.2. The number of nitrogens with zero attached hydrogens (tertiary/aromatic N) is 1.